The molecule has 4 atom stereocenters. The van der Waals surface area contributed by atoms with E-state index in [9.17, 15) is 19.2 Å². The Labute approximate surface area is 183 Å². The maximum absolute atomic E-state index is 13.1. The standard InChI is InChI=1S/C23H33NO7/c1-7-21(3,4)19(27)29-12-11-24-17(25)15-14-9-10-23(31-14,16(15)18(24)26)13-30-20(28)22(5,6)8-2/h9-10,14-16H,7-8,11-13H2,1-6H3. The second-order valence-corrected chi connectivity index (χ2v) is 9.92. The first-order valence-corrected chi connectivity index (χ1v) is 11.0. The number of ether oxygens (including phenoxy) is 3. The maximum atomic E-state index is 13.1. The molecule has 172 valence electrons. The van der Waals surface area contributed by atoms with Crippen molar-refractivity contribution in [1.82, 2.24) is 4.90 Å². The van der Waals surface area contributed by atoms with Crippen molar-refractivity contribution in [2.24, 2.45) is 22.7 Å². The van der Waals surface area contributed by atoms with Gasteiger partial charge in [-0.25, -0.2) is 0 Å². The van der Waals surface area contributed by atoms with Crippen LogP contribution in [0.4, 0.5) is 0 Å². The van der Waals surface area contributed by atoms with E-state index in [1.165, 1.54) is 0 Å². The lowest BCUT2D eigenvalue weighted by Gasteiger charge is -2.30. The summed E-state index contributed by atoms with van der Waals surface area (Å²) in [6.07, 6.45) is 4.22. The Bertz CT molecular complexity index is 815. The monoisotopic (exact) mass is 435 g/mol. The Morgan fingerprint density at radius 2 is 1.61 bits per heavy atom. The van der Waals surface area contributed by atoms with Crippen molar-refractivity contribution in [3.05, 3.63) is 12.2 Å². The zero-order valence-corrected chi connectivity index (χ0v) is 19.2. The van der Waals surface area contributed by atoms with Gasteiger partial charge in [-0.2, -0.15) is 0 Å². The Kier molecular flexibility index (Phi) is 6.08. The fraction of sp³-hybridized carbons (Fsp3) is 0.739. The molecule has 0 saturated carbocycles. The van der Waals surface area contributed by atoms with Gasteiger partial charge in [0.1, 0.15) is 18.8 Å². The summed E-state index contributed by atoms with van der Waals surface area (Å²) in [5, 5.41) is 0. The molecule has 3 heterocycles. The highest BCUT2D eigenvalue weighted by atomic mass is 16.6. The molecule has 3 aliphatic heterocycles. The van der Waals surface area contributed by atoms with Gasteiger partial charge in [-0.05, 0) is 46.6 Å². The smallest absolute Gasteiger partial charge is 0.311 e. The third-order valence-corrected chi connectivity index (χ3v) is 7.10. The lowest BCUT2D eigenvalue weighted by molar-refractivity contribution is -0.164. The third kappa shape index (κ3) is 3.90. The van der Waals surface area contributed by atoms with Crippen LogP contribution < -0.4 is 0 Å². The summed E-state index contributed by atoms with van der Waals surface area (Å²) in [5.41, 5.74) is -2.39. The van der Waals surface area contributed by atoms with E-state index >= 15 is 0 Å². The minimum Gasteiger partial charge on any atom is -0.463 e. The van der Waals surface area contributed by atoms with Gasteiger partial charge < -0.3 is 14.2 Å². The van der Waals surface area contributed by atoms with E-state index in [2.05, 4.69) is 0 Å². The van der Waals surface area contributed by atoms with Crippen molar-refractivity contribution < 1.29 is 33.4 Å². The lowest BCUT2D eigenvalue weighted by atomic mass is 9.77. The molecule has 0 N–H and O–H groups in total. The van der Waals surface area contributed by atoms with E-state index in [-0.39, 0.29) is 43.5 Å². The van der Waals surface area contributed by atoms with Crippen LogP contribution in [-0.4, -0.2) is 60.1 Å². The van der Waals surface area contributed by atoms with Gasteiger partial charge in [0.15, 0.2) is 0 Å². The van der Waals surface area contributed by atoms with E-state index in [4.69, 9.17) is 14.2 Å². The molecule has 31 heavy (non-hydrogen) atoms. The van der Waals surface area contributed by atoms with Crippen LogP contribution in [0.5, 0.6) is 0 Å². The second-order valence-electron chi connectivity index (χ2n) is 9.92. The predicted octanol–water partition coefficient (Wildman–Crippen LogP) is 2.25. The molecule has 2 saturated heterocycles. The first-order valence-electron chi connectivity index (χ1n) is 11.0. The highest BCUT2D eigenvalue weighted by molar-refractivity contribution is 6.07. The zero-order chi connectivity index (χ0) is 23.2. The van der Waals surface area contributed by atoms with E-state index in [1.54, 1.807) is 39.8 Å². The number of carbonyl (C=O) groups excluding carboxylic acids is 4. The van der Waals surface area contributed by atoms with Crippen molar-refractivity contribution in [2.75, 3.05) is 19.8 Å². The van der Waals surface area contributed by atoms with Crippen LogP contribution in [0.15, 0.2) is 12.2 Å². The van der Waals surface area contributed by atoms with Gasteiger partial charge in [-0.3, -0.25) is 24.1 Å². The Hall–Kier alpha value is -2.22. The topological polar surface area (TPSA) is 99.2 Å². The molecule has 8 nitrogen and oxygen atoms in total. The molecule has 0 spiro atoms. The van der Waals surface area contributed by atoms with Gasteiger partial charge in [0.05, 0.1) is 35.3 Å². The highest BCUT2D eigenvalue weighted by Gasteiger charge is 2.68. The average molecular weight is 436 g/mol. The minimum absolute atomic E-state index is 0.00164. The lowest BCUT2D eigenvalue weighted by Crippen LogP contribution is -2.45. The Morgan fingerprint density at radius 3 is 2.19 bits per heavy atom. The van der Waals surface area contributed by atoms with Crippen LogP contribution in [0, 0.1) is 22.7 Å². The highest BCUT2D eigenvalue weighted by Crippen LogP contribution is 2.52. The fourth-order valence-corrected chi connectivity index (χ4v) is 4.04. The first-order chi connectivity index (χ1) is 14.4. The van der Waals surface area contributed by atoms with Gasteiger partial charge in [0, 0.05) is 0 Å². The third-order valence-electron chi connectivity index (χ3n) is 7.10. The first kappa shape index (κ1) is 23.4. The van der Waals surface area contributed by atoms with Gasteiger partial charge in [0.25, 0.3) is 0 Å². The summed E-state index contributed by atoms with van der Waals surface area (Å²) in [6, 6.07) is 0. The number of nitrogens with zero attached hydrogens (tertiary/aromatic N) is 1. The maximum Gasteiger partial charge on any atom is 0.311 e. The summed E-state index contributed by atoms with van der Waals surface area (Å²) >= 11 is 0. The normalized spacial score (nSPS) is 29.5. The van der Waals surface area contributed by atoms with Gasteiger partial charge >= 0.3 is 11.9 Å². The number of hydrogen-bond donors (Lipinski definition) is 0. The van der Waals surface area contributed by atoms with E-state index in [1.807, 2.05) is 13.8 Å². The largest absolute Gasteiger partial charge is 0.463 e. The molecule has 3 aliphatic rings. The summed E-state index contributed by atoms with van der Waals surface area (Å²) in [7, 11) is 0. The number of imide groups is 1. The molecule has 2 amide bonds. The predicted molar refractivity (Wildman–Crippen MR) is 111 cm³/mol. The minimum atomic E-state index is -1.13. The van der Waals surface area contributed by atoms with Crippen molar-refractivity contribution in [2.45, 2.75) is 66.1 Å². The average Bonchev–Trinajstić information content (AvgIpc) is 3.37. The fourth-order valence-electron chi connectivity index (χ4n) is 4.04. The summed E-state index contributed by atoms with van der Waals surface area (Å²) < 4.78 is 16.8. The number of amides is 2. The molecule has 8 heteroatoms. The van der Waals surface area contributed by atoms with Crippen LogP contribution >= 0.6 is 0 Å². The van der Waals surface area contributed by atoms with Crippen molar-refractivity contribution >= 4 is 23.8 Å². The van der Waals surface area contributed by atoms with Crippen LogP contribution in [0.25, 0.3) is 0 Å². The molecule has 4 unspecified atom stereocenters. The van der Waals surface area contributed by atoms with Crippen molar-refractivity contribution in [3.63, 3.8) is 0 Å². The van der Waals surface area contributed by atoms with Gasteiger partial charge in [-0.15, -0.1) is 0 Å². The quantitative estimate of drug-likeness (QED) is 0.311. The number of esters is 2. The molecule has 0 aromatic heterocycles. The van der Waals surface area contributed by atoms with Crippen LogP contribution in [0.1, 0.15) is 54.4 Å². The molecular formula is C23H33NO7. The molecule has 0 aliphatic carbocycles. The number of fused-ring (bicyclic) bond motifs is 5. The van der Waals surface area contributed by atoms with Crippen LogP contribution in [-0.2, 0) is 33.4 Å². The van der Waals surface area contributed by atoms with Gasteiger partial charge in [-0.1, -0.05) is 19.9 Å². The van der Waals surface area contributed by atoms with Crippen LogP contribution in [0.3, 0.4) is 0 Å². The van der Waals surface area contributed by atoms with Crippen LogP contribution in [0.2, 0.25) is 0 Å². The number of hydrogen-bond acceptors (Lipinski definition) is 7. The van der Waals surface area contributed by atoms with Crippen molar-refractivity contribution in [1.29, 1.82) is 0 Å². The molecule has 2 fully saturated rings. The molecule has 0 aromatic carbocycles. The van der Waals surface area contributed by atoms with Crippen molar-refractivity contribution in [3.8, 4) is 0 Å². The molecule has 3 rings (SSSR count). The van der Waals surface area contributed by atoms with E-state index < -0.39 is 34.4 Å². The number of rotatable bonds is 9. The van der Waals surface area contributed by atoms with Gasteiger partial charge in [0.2, 0.25) is 11.8 Å². The summed E-state index contributed by atoms with van der Waals surface area (Å²) in [5.74, 6) is -2.82. The Balaban J connectivity index is 1.66. The molecule has 0 aromatic rings. The van der Waals surface area contributed by atoms with E-state index in [0.29, 0.717) is 12.8 Å². The SMILES string of the molecule is CCC(C)(C)C(=O)OCCN1C(=O)C2C3C=CC(COC(=O)C(C)(C)CC)(O3)C2C1=O. The number of carbonyl (C=O) groups is 4. The second kappa shape index (κ2) is 8.04. The molecular weight excluding hydrogens is 402 g/mol. The molecule has 2 bridgehead atoms. The molecule has 0 radical (unpaired) electrons. The number of likely N-dealkylation sites (tertiary alicyclic amines) is 1. The summed E-state index contributed by atoms with van der Waals surface area (Å²) in [4.78, 5) is 51.8. The van der Waals surface area contributed by atoms with E-state index in [0.717, 1.165) is 4.90 Å². The zero-order valence-electron chi connectivity index (χ0n) is 19.2. The Morgan fingerprint density at radius 1 is 1.03 bits per heavy atom. The summed E-state index contributed by atoms with van der Waals surface area (Å²) in [6.45, 7) is 10.8.